The lowest BCUT2D eigenvalue weighted by Crippen LogP contribution is -2.00. The molecule has 74 valence electrons. The standard InChI is InChI=1S/C13H9FO/c14-10-2-1-8-5-9-6-11(15)3-4-12(9)13(8)7-10/h1-4,7H,5-6H2. The summed E-state index contributed by atoms with van der Waals surface area (Å²) in [5, 5.41) is 0. The highest BCUT2D eigenvalue weighted by atomic mass is 19.1. The van der Waals surface area contributed by atoms with Gasteiger partial charge in [0.25, 0.3) is 0 Å². The fourth-order valence-electron chi connectivity index (χ4n) is 2.28. The molecule has 1 aromatic rings. The first-order chi connectivity index (χ1) is 7.24. The number of hydrogen-bond acceptors (Lipinski definition) is 1. The van der Waals surface area contributed by atoms with Crippen LogP contribution in [0.15, 0.2) is 35.9 Å². The largest absolute Gasteiger partial charge is 0.294 e. The maximum absolute atomic E-state index is 13.1. The lowest BCUT2D eigenvalue weighted by molar-refractivity contribution is -0.114. The molecule has 0 saturated carbocycles. The molecule has 0 saturated heterocycles. The van der Waals surface area contributed by atoms with Crippen LogP contribution in [-0.4, -0.2) is 5.78 Å². The Kier molecular flexibility index (Phi) is 1.66. The van der Waals surface area contributed by atoms with Gasteiger partial charge in [0, 0.05) is 6.42 Å². The molecule has 2 heteroatoms. The van der Waals surface area contributed by atoms with Crippen molar-refractivity contribution in [1.82, 2.24) is 0 Å². The van der Waals surface area contributed by atoms with Crippen molar-refractivity contribution >= 4 is 11.4 Å². The molecular formula is C13H9FO. The van der Waals surface area contributed by atoms with Gasteiger partial charge in [0.15, 0.2) is 5.78 Å². The lowest BCUT2D eigenvalue weighted by Gasteiger charge is -2.06. The number of benzene rings is 1. The van der Waals surface area contributed by atoms with Crippen molar-refractivity contribution in [3.05, 3.63) is 52.9 Å². The molecule has 0 N–H and O–H groups in total. The van der Waals surface area contributed by atoms with E-state index in [2.05, 4.69) is 0 Å². The fraction of sp³-hybridized carbons (Fsp3) is 0.154. The number of ketones is 1. The second-order valence-corrected chi connectivity index (χ2v) is 3.97. The molecule has 3 rings (SSSR count). The van der Waals surface area contributed by atoms with Crippen LogP contribution in [0.5, 0.6) is 0 Å². The van der Waals surface area contributed by atoms with Crippen LogP contribution in [0.2, 0.25) is 0 Å². The van der Waals surface area contributed by atoms with Gasteiger partial charge in [-0.3, -0.25) is 4.79 Å². The third-order valence-corrected chi connectivity index (χ3v) is 2.97. The van der Waals surface area contributed by atoms with Crippen LogP contribution in [0.4, 0.5) is 4.39 Å². The summed E-state index contributed by atoms with van der Waals surface area (Å²) in [6, 6.07) is 4.84. The smallest absolute Gasteiger partial charge is 0.159 e. The van der Waals surface area contributed by atoms with Gasteiger partial charge >= 0.3 is 0 Å². The molecule has 1 nitrogen and oxygen atoms in total. The van der Waals surface area contributed by atoms with Crippen LogP contribution in [0.3, 0.4) is 0 Å². The second kappa shape index (κ2) is 2.89. The molecule has 0 amide bonds. The van der Waals surface area contributed by atoms with Gasteiger partial charge in [-0.15, -0.1) is 0 Å². The van der Waals surface area contributed by atoms with E-state index in [0.717, 1.165) is 28.7 Å². The van der Waals surface area contributed by atoms with Crippen LogP contribution < -0.4 is 0 Å². The average molecular weight is 200 g/mol. The number of halogens is 1. The van der Waals surface area contributed by atoms with E-state index in [1.54, 1.807) is 18.2 Å². The van der Waals surface area contributed by atoms with E-state index in [-0.39, 0.29) is 11.6 Å². The molecule has 0 aliphatic heterocycles. The lowest BCUT2D eigenvalue weighted by atomic mass is 9.97. The predicted octanol–water partition coefficient (Wildman–Crippen LogP) is 2.66. The number of hydrogen-bond donors (Lipinski definition) is 0. The summed E-state index contributed by atoms with van der Waals surface area (Å²) in [4.78, 5) is 11.2. The zero-order chi connectivity index (χ0) is 10.4. The molecule has 2 aliphatic carbocycles. The summed E-state index contributed by atoms with van der Waals surface area (Å²) in [6.45, 7) is 0. The second-order valence-electron chi connectivity index (χ2n) is 3.97. The number of carbonyl (C=O) groups excluding carboxylic acids is 1. The summed E-state index contributed by atoms with van der Waals surface area (Å²) in [5.41, 5.74) is 4.25. The maximum atomic E-state index is 13.1. The number of fused-ring (bicyclic) bond motifs is 2. The quantitative estimate of drug-likeness (QED) is 0.629. The van der Waals surface area contributed by atoms with E-state index in [1.165, 1.54) is 6.07 Å². The molecule has 0 bridgehead atoms. The molecule has 15 heavy (non-hydrogen) atoms. The van der Waals surface area contributed by atoms with E-state index >= 15 is 0 Å². The Morgan fingerprint density at radius 3 is 2.87 bits per heavy atom. The number of rotatable bonds is 0. The third-order valence-electron chi connectivity index (χ3n) is 2.97. The molecule has 2 aliphatic rings. The summed E-state index contributed by atoms with van der Waals surface area (Å²) < 4.78 is 13.1. The molecule has 0 atom stereocenters. The van der Waals surface area contributed by atoms with Crippen molar-refractivity contribution < 1.29 is 9.18 Å². The monoisotopic (exact) mass is 200 g/mol. The Morgan fingerprint density at radius 1 is 1.13 bits per heavy atom. The van der Waals surface area contributed by atoms with Crippen molar-refractivity contribution in [3.8, 4) is 0 Å². The molecule has 0 spiro atoms. The highest BCUT2D eigenvalue weighted by Gasteiger charge is 2.23. The molecule has 0 heterocycles. The Balaban J connectivity index is 2.14. The first-order valence-corrected chi connectivity index (χ1v) is 4.96. The van der Waals surface area contributed by atoms with Gasteiger partial charge in [0.05, 0.1) is 0 Å². The topological polar surface area (TPSA) is 17.1 Å². The predicted molar refractivity (Wildman–Crippen MR) is 55.8 cm³/mol. The van der Waals surface area contributed by atoms with E-state index in [0.29, 0.717) is 6.42 Å². The molecule has 1 aromatic carbocycles. The van der Waals surface area contributed by atoms with E-state index in [4.69, 9.17) is 0 Å². The first-order valence-electron chi connectivity index (χ1n) is 4.96. The van der Waals surface area contributed by atoms with Gasteiger partial charge in [0.2, 0.25) is 0 Å². The summed E-state index contributed by atoms with van der Waals surface area (Å²) in [6.07, 6.45) is 4.68. The van der Waals surface area contributed by atoms with Crippen molar-refractivity contribution in [2.75, 3.05) is 0 Å². The summed E-state index contributed by atoms with van der Waals surface area (Å²) in [5.74, 6) is -0.0742. The first kappa shape index (κ1) is 8.60. The van der Waals surface area contributed by atoms with Crippen molar-refractivity contribution in [1.29, 1.82) is 0 Å². The van der Waals surface area contributed by atoms with Crippen LogP contribution >= 0.6 is 0 Å². The Morgan fingerprint density at radius 2 is 2.00 bits per heavy atom. The Labute approximate surface area is 86.9 Å². The van der Waals surface area contributed by atoms with Crippen LogP contribution in [0, 0.1) is 5.82 Å². The third kappa shape index (κ3) is 1.25. The summed E-state index contributed by atoms with van der Waals surface area (Å²) >= 11 is 0. The van der Waals surface area contributed by atoms with Crippen LogP contribution in [0.25, 0.3) is 5.57 Å². The maximum Gasteiger partial charge on any atom is 0.159 e. The molecule has 0 unspecified atom stereocenters. The van der Waals surface area contributed by atoms with Gasteiger partial charge in [-0.2, -0.15) is 0 Å². The van der Waals surface area contributed by atoms with Gasteiger partial charge in [0.1, 0.15) is 5.82 Å². The highest BCUT2D eigenvalue weighted by molar-refractivity contribution is 6.01. The number of allylic oxidation sites excluding steroid dienone is 4. The average Bonchev–Trinajstić information content (AvgIpc) is 2.54. The van der Waals surface area contributed by atoms with Crippen LogP contribution in [-0.2, 0) is 11.2 Å². The highest BCUT2D eigenvalue weighted by Crippen LogP contribution is 2.37. The Hall–Kier alpha value is -1.70. The number of carbonyl (C=O) groups is 1. The van der Waals surface area contributed by atoms with Gasteiger partial charge in [-0.25, -0.2) is 4.39 Å². The molecule has 0 fully saturated rings. The van der Waals surface area contributed by atoms with E-state index in [9.17, 15) is 9.18 Å². The Bertz CT molecular complexity index is 523. The molecule has 0 radical (unpaired) electrons. The SMILES string of the molecule is O=C1C=CC2=C(C1)Cc1ccc(F)cc12. The minimum absolute atomic E-state index is 0.141. The molecular weight excluding hydrogens is 191 g/mol. The minimum Gasteiger partial charge on any atom is -0.294 e. The van der Waals surface area contributed by atoms with E-state index in [1.807, 2.05) is 6.08 Å². The van der Waals surface area contributed by atoms with Crippen molar-refractivity contribution in [2.45, 2.75) is 12.8 Å². The van der Waals surface area contributed by atoms with Gasteiger partial charge < -0.3 is 0 Å². The van der Waals surface area contributed by atoms with Gasteiger partial charge in [-0.1, -0.05) is 17.7 Å². The summed E-state index contributed by atoms with van der Waals surface area (Å²) in [7, 11) is 0. The van der Waals surface area contributed by atoms with E-state index < -0.39 is 0 Å². The minimum atomic E-state index is -0.215. The van der Waals surface area contributed by atoms with Crippen molar-refractivity contribution in [2.24, 2.45) is 0 Å². The normalized spacial score (nSPS) is 18.1. The molecule has 0 aromatic heterocycles. The zero-order valence-corrected chi connectivity index (χ0v) is 8.09. The fourth-order valence-corrected chi connectivity index (χ4v) is 2.28. The van der Waals surface area contributed by atoms with Crippen LogP contribution in [0.1, 0.15) is 17.5 Å². The van der Waals surface area contributed by atoms with Crippen molar-refractivity contribution in [3.63, 3.8) is 0 Å². The zero-order valence-electron chi connectivity index (χ0n) is 8.09. The van der Waals surface area contributed by atoms with Gasteiger partial charge in [-0.05, 0) is 41.3 Å².